The van der Waals surface area contributed by atoms with Crippen LogP contribution in [0.1, 0.15) is 31.7 Å². The Hall–Kier alpha value is -1.42. The van der Waals surface area contributed by atoms with E-state index < -0.39 is 0 Å². The van der Waals surface area contributed by atoms with Crippen LogP contribution in [0.4, 0.5) is 4.39 Å². The summed E-state index contributed by atoms with van der Waals surface area (Å²) in [4.78, 5) is 14.1. The summed E-state index contributed by atoms with van der Waals surface area (Å²) in [7, 11) is 0. The Morgan fingerprint density at radius 1 is 1.37 bits per heavy atom. The molecular weight excluding hydrogens is 245 g/mol. The zero-order valence-electron chi connectivity index (χ0n) is 11.3. The number of ether oxygens (including phenoxy) is 1. The van der Waals surface area contributed by atoms with E-state index in [2.05, 4.69) is 4.90 Å². The fourth-order valence-corrected chi connectivity index (χ4v) is 2.51. The van der Waals surface area contributed by atoms with Crippen molar-refractivity contribution >= 4 is 5.97 Å². The molecule has 3 nitrogen and oxygen atoms in total. The maximum atomic E-state index is 12.9. The lowest BCUT2D eigenvalue weighted by Crippen LogP contribution is -2.44. The molecule has 0 bridgehead atoms. The van der Waals surface area contributed by atoms with Gasteiger partial charge in [0.1, 0.15) is 11.9 Å². The summed E-state index contributed by atoms with van der Waals surface area (Å²) in [6, 6.07) is 6.30. The van der Waals surface area contributed by atoms with Gasteiger partial charge in [-0.1, -0.05) is 18.6 Å². The van der Waals surface area contributed by atoms with E-state index in [1.807, 2.05) is 6.92 Å². The molecule has 1 aliphatic heterocycles. The SMILES string of the molecule is CCOC(=O)[C@H]1CCCCN1Cc1ccc(F)cc1. The van der Waals surface area contributed by atoms with Gasteiger partial charge in [0.15, 0.2) is 0 Å². The van der Waals surface area contributed by atoms with E-state index >= 15 is 0 Å². The van der Waals surface area contributed by atoms with Crippen molar-refractivity contribution < 1.29 is 13.9 Å². The lowest BCUT2D eigenvalue weighted by molar-refractivity contribution is -0.151. The van der Waals surface area contributed by atoms with Crippen molar-refractivity contribution in [1.82, 2.24) is 4.90 Å². The first-order chi connectivity index (χ1) is 9.20. The lowest BCUT2D eigenvalue weighted by Gasteiger charge is -2.33. The molecule has 1 atom stereocenters. The van der Waals surface area contributed by atoms with Gasteiger partial charge in [0, 0.05) is 6.54 Å². The highest BCUT2D eigenvalue weighted by atomic mass is 19.1. The molecule has 19 heavy (non-hydrogen) atoms. The van der Waals surface area contributed by atoms with Crippen molar-refractivity contribution in [1.29, 1.82) is 0 Å². The van der Waals surface area contributed by atoms with Gasteiger partial charge in [-0.3, -0.25) is 9.69 Å². The second-order valence-electron chi connectivity index (χ2n) is 4.86. The molecule has 0 saturated carbocycles. The van der Waals surface area contributed by atoms with Crippen LogP contribution in [0.15, 0.2) is 24.3 Å². The molecule has 0 aromatic heterocycles. The molecule has 2 rings (SSSR count). The largest absolute Gasteiger partial charge is 0.465 e. The molecule has 0 unspecified atom stereocenters. The van der Waals surface area contributed by atoms with Gasteiger partial charge >= 0.3 is 5.97 Å². The number of carbonyl (C=O) groups excluding carboxylic acids is 1. The Kier molecular flexibility index (Phi) is 4.91. The van der Waals surface area contributed by atoms with Crippen molar-refractivity contribution in [2.24, 2.45) is 0 Å². The molecule has 0 aliphatic carbocycles. The number of halogens is 1. The van der Waals surface area contributed by atoms with Crippen LogP contribution in [0.5, 0.6) is 0 Å². The van der Waals surface area contributed by atoms with E-state index in [4.69, 9.17) is 4.74 Å². The van der Waals surface area contributed by atoms with Gasteiger partial charge in [0.25, 0.3) is 0 Å². The third kappa shape index (κ3) is 3.77. The predicted octanol–water partition coefficient (Wildman–Crippen LogP) is 2.74. The van der Waals surface area contributed by atoms with Gasteiger partial charge in [-0.2, -0.15) is 0 Å². The van der Waals surface area contributed by atoms with Crippen molar-refractivity contribution in [3.8, 4) is 0 Å². The van der Waals surface area contributed by atoms with E-state index in [0.717, 1.165) is 31.4 Å². The molecule has 1 fully saturated rings. The number of carbonyl (C=O) groups is 1. The standard InChI is InChI=1S/C15H20FNO2/c1-2-19-15(18)14-5-3-4-10-17(14)11-12-6-8-13(16)9-7-12/h6-9,14H,2-5,10-11H2,1H3/t14-/m1/s1. The fourth-order valence-electron chi connectivity index (χ4n) is 2.51. The first-order valence-corrected chi connectivity index (χ1v) is 6.86. The number of likely N-dealkylation sites (tertiary alicyclic amines) is 1. The van der Waals surface area contributed by atoms with Gasteiger partial charge in [-0.05, 0) is 44.0 Å². The molecule has 0 spiro atoms. The van der Waals surface area contributed by atoms with E-state index in [9.17, 15) is 9.18 Å². The van der Waals surface area contributed by atoms with Crippen molar-refractivity contribution in [2.75, 3.05) is 13.2 Å². The third-order valence-corrected chi connectivity index (χ3v) is 3.47. The smallest absolute Gasteiger partial charge is 0.323 e. The summed E-state index contributed by atoms with van der Waals surface area (Å²) >= 11 is 0. The molecule has 4 heteroatoms. The zero-order valence-corrected chi connectivity index (χ0v) is 11.3. The number of rotatable bonds is 4. The van der Waals surface area contributed by atoms with Crippen LogP contribution >= 0.6 is 0 Å². The van der Waals surface area contributed by atoms with E-state index in [-0.39, 0.29) is 17.8 Å². The second-order valence-corrected chi connectivity index (χ2v) is 4.86. The molecule has 1 aromatic carbocycles. The van der Waals surface area contributed by atoms with Crippen LogP contribution in [0.25, 0.3) is 0 Å². The van der Waals surface area contributed by atoms with Crippen LogP contribution in [-0.4, -0.2) is 30.1 Å². The molecule has 0 N–H and O–H groups in total. The fraction of sp³-hybridized carbons (Fsp3) is 0.533. The van der Waals surface area contributed by atoms with Crippen molar-refractivity contribution in [3.63, 3.8) is 0 Å². The van der Waals surface area contributed by atoms with Gasteiger partial charge in [0.2, 0.25) is 0 Å². The molecule has 1 heterocycles. The van der Waals surface area contributed by atoms with Crippen LogP contribution in [0, 0.1) is 5.82 Å². The monoisotopic (exact) mass is 265 g/mol. The molecule has 1 aromatic rings. The number of nitrogens with zero attached hydrogens (tertiary/aromatic N) is 1. The van der Waals surface area contributed by atoms with Crippen LogP contribution in [0.2, 0.25) is 0 Å². The number of piperidine rings is 1. The van der Waals surface area contributed by atoms with E-state index in [1.54, 1.807) is 12.1 Å². The Morgan fingerprint density at radius 3 is 2.79 bits per heavy atom. The summed E-state index contributed by atoms with van der Waals surface area (Å²) in [5, 5.41) is 0. The average Bonchev–Trinajstić information content (AvgIpc) is 2.42. The first kappa shape index (κ1) is 14.0. The molecule has 1 aliphatic rings. The Labute approximate surface area is 113 Å². The van der Waals surface area contributed by atoms with Crippen molar-refractivity contribution in [3.05, 3.63) is 35.6 Å². The topological polar surface area (TPSA) is 29.5 Å². The number of esters is 1. The highest BCUT2D eigenvalue weighted by Crippen LogP contribution is 2.20. The highest BCUT2D eigenvalue weighted by Gasteiger charge is 2.29. The van der Waals surface area contributed by atoms with Gasteiger partial charge in [0.05, 0.1) is 6.61 Å². The van der Waals surface area contributed by atoms with E-state index in [0.29, 0.717) is 13.2 Å². The molecule has 0 amide bonds. The summed E-state index contributed by atoms with van der Waals surface area (Å²) in [5.41, 5.74) is 1.03. The molecule has 0 radical (unpaired) electrons. The minimum atomic E-state index is -0.232. The summed E-state index contributed by atoms with van der Waals surface area (Å²) in [6.45, 7) is 3.80. The van der Waals surface area contributed by atoms with Gasteiger partial charge < -0.3 is 4.74 Å². The first-order valence-electron chi connectivity index (χ1n) is 6.86. The highest BCUT2D eigenvalue weighted by molar-refractivity contribution is 5.75. The minimum absolute atomic E-state index is 0.135. The number of benzene rings is 1. The maximum absolute atomic E-state index is 12.9. The molecular formula is C15H20FNO2. The Bertz CT molecular complexity index is 419. The number of hydrogen-bond acceptors (Lipinski definition) is 3. The van der Waals surface area contributed by atoms with Crippen LogP contribution in [0.3, 0.4) is 0 Å². The predicted molar refractivity (Wildman–Crippen MR) is 71.1 cm³/mol. The summed E-state index contributed by atoms with van der Waals surface area (Å²) in [5.74, 6) is -0.367. The summed E-state index contributed by atoms with van der Waals surface area (Å²) < 4.78 is 18.0. The quantitative estimate of drug-likeness (QED) is 0.784. The van der Waals surface area contributed by atoms with Gasteiger partial charge in [-0.25, -0.2) is 4.39 Å². The normalized spacial score (nSPS) is 20.2. The lowest BCUT2D eigenvalue weighted by atomic mass is 10.0. The second kappa shape index (κ2) is 6.66. The minimum Gasteiger partial charge on any atom is -0.465 e. The van der Waals surface area contributed by atoms with Gasteiger partial charge in [-0.15, -0.1) is 0 Å². The molecule has 1 saturated heterocycles. The maximum Gasteiger partial charge on any atom is 0.323 e. The zero-order chi connectivity index (χ0) is 13.7. The van der Waals surface area contributed by atoms with E-state index in [1.165, 1.54) is 12.1 Å². The summed E-state index contributed by atoms with van der Waals surface area (Å²) in [6.07, 6.45) is 3.00. The van der Waals surface area contributed by atoms with Crippen molar-refractivity contribution in [2.45, 2.75) is 38.8 Å². The van der Waals surface area contributed by atoms with Crippen LogP contribution < -0.4 is 0 Å². The Morgan fingerprint density at radius 2 is 2.11 bits per heavy atom. The third-order valence-electron chi connectivity index (χ3n) is 3.47. The Balaban J connectivity index is 2.03. The molecule has 104 valence electrons. The number of hydrogen-bond donors (Lipinski definition) is 0. The average molecular weight is 265 g/mol. The van der Waals surface area contributed by atoms with Crippen LogP contribution in [-0.2, 0) is 16.1 Å².